The number of amides is 1. The van der Waals surface area contributed by atoms with E-state index in [0.29, 0.717) is 23.0 Å². The van der Waals surface area contributed by atoms with E-state index in [4.69, 9.17) is 9.84 Å². The summed E-state index contributed by atoms with van der Waals surface area (Å²) in [5.41, 5.74) is 2.68. The van der Waals surface area contributed by atoms with Crippen LogP contribution in [0, 0.1) is 11.3 Å². The number of carbonyl (C=O) groups is 2. The van der Waals surface area contributed by atoms with Gasteiger partial charge in [0.2, 0.25) is 5.91 Å². The molecule has 5 heteroatoms. The van der Waals surface area contributed by atoms with Crippen LogP contribution in [0.2, 0.25) is 0 Å². The first-order chi connectivity index (χ1) is 15.0. The number of nitrogens with zero attached hydrogens (tertiary/aromatic N) is 1. The monoisotopic (exact) mass is 421 g/mol. The van der Waals surface area contributed by atoms with Crippen molar-refractivity contribution in [1.82, 2.24) is 4.90 Å². The molecule has 2 aliphatic carbocycles. The number of likely N-dealkylation sites (tertiary alicyclic amines) is 1. The van der Waals surface area contributed by atoms with Gasteiger partial charge in [-0.1, -0.05) is 36.8 Å². The zero-order valence-electron chi connectivity index (χ0n) is 18.2. The minimum atomic E-state index is -0.940. The summed E-state index contributed by atoms with van der Waals surface area (Å²) in [4.78, 5) is 25.0. The lowest BCUT2D eigenvalue weighted by atomic mass is 9.83. The molecule has 2 aromatic rings. The zero-order valence-corrected chi connectivity index (χ0v) is 18.2. The van der Waals surface area contributed by atoms with E-state index >= 15 is 0 Å². The lowest BCUT2D eigenvalue weighted by Crippen LogP contribution is -2.43. The normalized spacial score (nSPS) is 19.1. The second kappa shape index (κ2) is 9.13. The Labute approximate surface area is 184 Å². The van der Waals surface area contributed by atoms with Crippen LogP contribution in [0.1, 0.15) is 55.3 Å². The van der Waals surface area contributed by atoms with Crippen molar-refractivity contribution in [2.24, 2.45) is 11.3 Å². The summed E-state index contributed by atoms with van der Waals surface area (Å²) in [6.07, 6.45) is 9.00. The SMILES string of the molecule is COc1ccc(C(=O)O)cc1-c1ccccc1.O=C(C1CCC1)N1CCC2(CC1)CC2. The van der Waals surface area contributed by atoms with Crippen molar-refractivity contribution >= 4 is 11.9 Å². The molecule has 0 bridgehead atoms. The second-order valence-electron chi connectivity index (χ2n) is 9.04. The van der Waals surface area contributed by atoms with Crippen molar-refractivity contribution < 1.29 is 19.4 Å². The zero-order chi connectivity index (χ0) is 21.8. The van der Waals surface area contributed by atoms with E-state index in [2.05, 4.69) is 4.90 Å². The topological polar surface area (TPSA) is 66.8 Å². The van der Waals surface area contributed by atoms with Gasteiger partial charge >= 0.3 is 5.97 Å². The molecule has 1 amide bonds. The van der Waals surface area contributed by atoms with E-state index in [1.165, 1.54) is 38.2 Å². The third kappa shape index (κ3) is 4.92. The highest BCUT2D eigenvalue weighted by atomic mass is 16.5. The third-order valence-electron chi connectivity index (χ3n) is 7.08. The number of rotatable bonds is 4. The van der Waals surface area contributed by atoms with Crippen LogP contribution in [0.15, 0.2) is 48.5 Å². The number of carbonyl (C=O) groups excluding carboxylic acids is 1. The largest absolute Gasteiger partial charge is 0.496 e. The molecule has 2 aromatic carbocycles. The molecule has 0 aromatic heterocycles. The maximum Gasteiger partial charge on any atom is 0.335 e. The first-order valence-corrected chi connectivity index (χ1v) is 11.3. The van der Waals surface area contributed by atoms with Crippen molar-refractivity contribution in [2.75, 3.05) is 20.2 Å². The fourth-order valence-corrected chi connectivity index (χ4v) is 4.48. The lowest BCUT2D eigenvalue weighted by Gasteiger charge is -2.36. The van der Waals surface area contributed by atoms with Gasteiger partial charge in [-0.15, -0.1) is 0 Å². The number of benzene rings is 2. The summed E-state index contributed by atoms with van der Waals surface area (Å²) in [6.45, 7) is 2.10. The molecule has 1 saturated heterocycles. The van der Waals surface area contributed by atoms with Crippen LogP contribution < -0.4 is 4.74 Å². The van der Waals surface area contributed by atoms with Gasteiger partial charge in [0.15, 0.2) is 0 Å². The van der Waals surface area contributed by atoms with Gasteiger partial charge in [-0.3, -0.25) is 4.79 Å². The van der Waals surface area contributed by atoms with E-state index < -0.39 is 5.97 Å². The predicted molar refractivity (Wildman–Crippen MR) is 120 cm³/mol. The van der Waals surface area contributed by atoms with E-state index in [1.54, 1.807) is 19.2 Å². The molecule has 3 aliphatic rings. The molecular weight excluding hydrogens is 390 g/mol. The quantitative estimate of drug-likeness (QED) is 0.732. The van der Waals surface area contributed by atoms with Crippen LogP contribution in [0.3, 0.4) is 0 Å². The van der Waals surface area contributed by atoms with Crippen LogP contribution in [0.25, 0.3) is 11.1 Å². The summed E-state index contributed by atoms with van der Waals surface area (Å²) in [5, 5.41) is 8.98. The Morgan fingerprint density at radius 2 is 1.68 bits per heavy atom. The minimum absolute atomic E-state index is 0.254. The second-order valence-corrected chi connectivity index (χ2v) is 9.04. The molecule has 5 rings (SSSR count). The Kier molecular flexibility index (Phi) is 6.30. The predicted octanol–water partition coefficient (Wildman–Crippen LogP) is 5.25. The Hall–Kier alpha value is -2.82. The van der Waals surface area contributed by atoms with Crippen LogP contribution >= 0.6 is 0 Å². The van der Waals surface area contributed by atoms with Gasteiger partial charge in [0, 0.05) is 24.6 Å². The number of carboxylic acid groups (broad SMARTS) is 1. The summed E-state index contributed by atoms with van der Waals surface area (Å²) in [7, 11) is 1.57. The summed E-state index contributed by atoms with van der Waals surface area (Å²) < 4.78 is 5.24. The number of piperidine rings is 1. The lowest BCUT2D eigenvalue weighted by molar-refractivity contribution is -0.139. The van der Waals surface area contributed by atoms with Gasteiger partial charge in [0.25, 0.3) is 0 Å². The van der Waals surface area contributed by atoms with Crippen molar-refractivity contribution in [3.8, 4) is 16.9 Å². The summed E-state index contributed by atoms with van der Waals surface area (Å²) in [5.74, 6) is 0.598. The van der Waals surface area contributed by atoms with E-state index in [0.717, 1.165) is 37.1 Å². The number of hydrogen-bond acceptors (Lipinski definition) is 3. The first-order valence-electron chi connectivity index (χ1n) is 11.3. The standard InChI is InChI=1S/C14H12O3.C12H19NO/c1-17-13-8-7-11(14(15)16)9-12(13)10-5-3-2-4-6-10;14-11(10-2-1-3-10)13-8-6-12(4-5-12)7-9-13/h2-9H,1H3,(H,15,16);10H,1-9H2. The van der Waals surface area contributed by atoms with Crippen LogP contribution in [-0.4, -0.2) is 42.1 Å². The molecule has 0 radical (unpaired) electrons. The van der Waals surface area contributed by atoms with E-state index in [9.17, 15) is 9.59 Å². The molecule has 1 aliphatic heterocycles. The molecule has 3 fully saturated rings. The molecule has 0 atom stereocenters. The number of methoxy groups -OCH3 is 1. The fourth-order valence-electron chi connectivity index (χ4n) is 4.48. The highest BCUT2D eigenvalue weighted by Gasteiger charge is 2.45. The van der Waals surface area contributed by atoms with Crippen LogP contribution in [0.5, 0.6) is 5.75 Å². The average molecular weight is 422 g/mol. The molecule has 0 unspecified atom stereocenters. The van der Waals surface area contributed by atoms with Gasteiger partial charge < -0.3 is 14.7 Å². The molecule has 2 saturated carbocycles. The third-order valence-corrected chi connectivity index (χ3v) is 7.08. The van der Waals surface area contributed by atoms with Gasteiger partial charge in [0.1, 0.15) is 5.75 Å². The molecular formula is C26H31NO4. The first kappa shape index (κ1) is 21.4. The average Bonchev–Trinajstić information content (AvgIpc) is 3.52. The number of hydrogen-bond donors (Lipinski definition) is 1. The Balaban J connectivity index is 0.000000151. The Morgan fingerprint density at radius 3 is 2.19 bits per heavy atom. The molecule has 5 nitrogen and oxygen atoms in total. The smallest absolute Gasteiger partial charge is 0.335 e. The van der Waals surface area contributed by atoms with Crippen LogP contribution in [-0.2, 0) is 4.79 Å². The van der Waals surface area contributed by atoms with Gasteiger partial charge in [-0.25, -0.2) is 4.79 Å². The highest BCUT2D eigenvalue weighted by Crippen LogP contribution is 2.53. The summed E-state index contributed by atoms with van der Waals surface area (Å²) in [6, 6.07) is 14.4. The van der Waals surface area contributed by atoms with Crippen molar-refractivity contribution in [1.29, 1.82) is 0 Å². The number of aromatic carboxylic acids is 1. The maximum atomic E-state index is 11.9. The Morgan fingerprint density at radius 1 is 1.00 bits per heavy atom. The Bertz CT molecular complexity index is 922. The van der Waals surface area contributed by atoms with Crippen molar-refractivity contribution in [2.45, 2.75) is 44.9 Å². The van der Waals surface area contributed by atoms with Crippen molar-refractivity contribution in [3.63, 3.8) is 0 Å². The van der Waals surface area contributed by atoms with Gasteiger partial charge in [0.05, 0.1) is 12.7 Å². The van der Waals surface area contributed by atoms with Gasteiger partial charge in [-0.2, -0.15) is 0 Å². The molecule has 1 spiro atoms. The number of carboxylic acids is 1. The van der Waals surface area contributed by atoms with Crippen molar-refractivity contribution in [3.05, 3.63) is 54.1 Å². The molecule has 1 heterocycles. The molecule has 31 heavy (non-hydrogen) atoms. The van der Waals surface area contributed by atoms with Crippen LogP contribution in [0.4, 0.5) is 0 Å². The van der Waals surface area contributed by atoms with Gasteiger partial charge in [-0.05, 0) is 67.7 Å². The molecule has 1 N–H and O–H groups in total. The summed E-state index contributed by atoms with van der Waals surface area (Å²) >= 11 is 0. The molecule has 164 valence electrons. The van der Waals surface area contributed by atoms with E-state index in [1.807, 2.05) is 30.3 Å². The minimum Gasteiger partial charge on any atom is -0.496 e. The highest BCUT2D eigenvalue weighted by molar-refractivity contribution is 5.90. The fraction of sp³-hybridized carbons (Fsp3) is 0.462. The van der Waals surface area contributed by atoms with E-state index in [-0.39, 0.29) is 5.56 Å². The number of ether oxygens (including phenoxy) is 1. The maximum absolute atomic E-state index is 11.9.